The SMILES string of the molecule is CN=C(C=C(N)c1ccccc1)NC(=O)c1cc2ncccc2cc1Cl. The fraction of sp³-hybridized carbons (Fsp3) is 0.0500. The first-order valence-corrected chi connectivity index (χ1v) is 8.31. The number of nitrogens with zero attached hydrogens (tertiary/aromatic N) is 2. The summed E-state index contributed by atoms with van der Waals surface area (Å²) in [5.74, 6) is -0.0335. The van der Waals surface area contributed by atoms with Crippen LogP contribution in [0, 0.1) is 0 Å². The largest absolute Gasteiger partial charge is 0.398 e. The minimum Gasteiger partial charge on any atom is -0.398 e. The molecule has 2 aromatic carbocycles. The second-order valence-corrected chi connectivity index (χ2v) is 5.96. The number of hydrogen-bond donors (Lipinski definition) is 2. The van der Waals surface area contributed by atoms with Gasteiger partial charge in [0, 0.05) is 30.4 Å². The maximum atomic E-state index is 12.6. The molecule has 0 bridgehead atoms. The Morgan fingerprint density at radius 3 is 2.69 bits per heavy atom. The third-order valence-electron chi connectivity index (χ3n) is 3.82. The molecular formula is C20H17ClN4O. The van der Waals surface area contributed by atoms with Gasteiger partial charge in [-0.2, -0.15) is 0 Å². The number of amidine groups is 1. The van der Waals surface area contributed by atoms with Gasteiger partial charge in [0.05, 0.1) is 16.1 Å². The fourth-order valence-electron chi connectivity index (χ4n) is 2.47. The molecule has 3 aromatic rings. The van der Waals surface area contributed by atoms with Gasteiger partial charge in [0.25, 0.3) is 5.91 Å². The Bertz CT molecular complexity index is 1010. The summed E-state index contributed by atoms with van der Waals surface area (Å²) in [6.07, 6.45) is 3.28. The first-order valence-electron chi connectivity index (χ1n) is 7.93. The van der Waals surface area contributed by atoms with Gasteiger partial charge in [0.1, 0.15) is 5.84 Å². The van der Waals surface area contributed by atoms with Crippen LogP contribution in [-0.4, -0.2) is 23.8 Å². The van der Waals surface area contributed by atoms with Crippen LogP contribution in [0.1, 0.15) is 15.9 Å². The van der Waals surface area contributed by atoms with E-state index >= 15 is 0 Å². The van der Waals surface area contributed by atoms with Crippen LogP contribution in [0.2, 0.25) is 5.02 Å². The van der Waals surface area contributed by atoms with Gasteiger partial charge < -0.3 is 11.1 Å². The summed E-state index contributed by atoms with van der Waals surface area (Å²) >= 11 is 6.26. The van der Waals surface area contributed by atoms with Crippen molar-refractivity contribution < 1.29 is 4.79 Å². The summed E-state index contributed by atoms with van der Waals surface area (Å²) in [6, 6.07) is 16.5. The quantitative estimate of drug-likeness (QED) is 0.550. The summed E-state index contributed by atoms with van der Waals surface area (Å²) < 4.78 is 0. The Morgan fingerprint density at radius 1 is 1.19 bits per heavy atom. The molecule has 0 spiro atoms. The van der Waals surface area contributed by atoms with Crippen molar-refractivity contribution in [2.45, 2.75) is 0 Å². The molecule has 0 unspecified atom stereocenters. The van der Waals surface area contributed by atoms with Gasteiger partial charge in [0.15, 0.2) is 0 Å². The van der Waals surface area contributed by atoms with Gasteiger partial charge in [-0.15, -0.1) is 0 Å². The Kier molecular flexibility index (Phi) is 5.29. The molecule has 0 aliphatic heterocycles. The lowest BCUT2D eigenvalue weighted by Crippen LogP contribution is -2.30. The third kappa shape index (κ3) is 3.90. The van der Waals surface area contributed by atoms with Crippen molar-refractivity contribution >= 4 is 39.9 Å². The number of pyridine rings is 1. The fourth-order valence-corrected chi connectivity index (χ4v) is 2.73. The van der Waals surface area contributed by atoms with Crippen molar-refractivity contribution in [3.8, 4) is 0 Å². The zero-order chi connectivity index (χ0) is 18.5. The number of nitrogens with two attached hydrogens (primary N) is 1. The van der Waals surface area contributed by atoms with Crippen molar-refractivity contribution in [1.29, 1.82) is 0 Å². The molecule has 3 rings (SSSR count). The highest BCUT2D eigenvalue weighted by atomic mass is 35.5. The van der Waals surface area contributed by atoms with Gasteiger partial charge in [-0.25, -0.2) is 0 Å². The maximum absolute atomic E-state index is 12.6. The molecule has 0 fully saturated rings. The van der Waals surface area contributed by atoms with Crippen LogP contribution >= 0.6 is 11.6 Å². The molecule has 0 aliphatic rings. The summed E-state index contributed by atoms with van der Waals surface area (Å²) in [5, 5.41) is 3.94. The molecule has 0 atom stereocenters. The van der Waals surface area contributed by atoms with Gasteiger partial charge in [0.2, 0.25) is 0 Å². The predicted octanol–water partition coefficient (Wildman–Crippen LogP) is 3.65. The number of hydrogen-bond acceptors (Lipinski definition) is 4. The van der Waals surface area contributed by atoms with Crippen LogP contribution in [0.15, 0.2) is 71.9 Å². The predicted molar refractivity (Wildman–Crippen MR) is 106 cm³/mol. The highest BCUT2D eigenvalue weighted by Gasteiger charge is 2.13. The van der Waals surface area contributed by atoms with Crippen molar-refractivity contribution in [2.75, 3.05) is 7.05 Å². The van der Waals surface area contributed by atoms with E-state index in [-0.39, 0.29) is 5.91 Å². The number of fused-ring (bicyclic) bond motifs is 1. The van der Waals surface area contributed by atoms with Crippen LogP contribution in [-0.2, 0) is 0 Å². The van der Waals surface area contributed by atoms with Gasteiger partial charge >= 0.3 is 0 Å². The zero-order valence-corrected chi connectivity index (χ0v) is 14.9. The van der Waals surface area contributed by atoms with E-state index in [0.717, 1.165) is 10.9 Å². The third-order valence-corrected chi connectivity index (χ3v) is 4.13. The van der Waals surface area contributed by atoms with Crippen molar-refractivity contribution in [3.63, 3.8) is 0 Å². The minimum atomic E-state index is -0.375. The molecule has 0 saturated carbocycles. The smallest absolute Gasteiger partial charge is 0.258 e. The number of carbonyl (C=O) groups excluding carboxylic acids is 1. The molecule has 1 heterocycles. The molecule has 130 valence electrons. The minimum absolute atomic E-state index is 0.325. The van der Waals surface area contributed by atoms with E-state index in [0.29, 0.717) is 27.6 Å². The zero-order valence-electron chi connectivity index (χ0n) is 14.1. The molecule has 1 amide bonds. The van der Waals surface area contributed by atoms with Crippen LogP contribution < -0.4 is 11.1 Å². The first kappa shape index (κ1) is 17.6. The van der Waals surface area contributed by atoms with Crippen molar-refractivity contribution in [1.82, 2.24) is 10.3 Å². The Morgan fingerprint density at radius 2 is 1.96 bits per heavy atom. The topological polar surface area (TPSA) is 80.4 Å². The van der Waals surface area contributed by atoms with Gasteiger partial charge in [-0.3, -0.25) is 14.8 Å². The number of carbonyl (C=O) groups is 1. The Hall–Kier alpha value is -3.18. The van der Waals surface area contributed by atoms with E-state index < -0.39 is 0 Å². The van der Waals surface area contributed by atoms with E-state index in [1.165, 1.54) is 0 Å². The Balaban J connectivity index is 1.85. The second-order valence-electron chi connectivity index (χ2n) is 5.56. The van der Waals surface area contributed by atoms with Crippen LogP contribution in [0.4, 0.5) is 0 Å². The standard InChI is InChI=1S/C20H17ClN4O/c1-23-19(12-17(22)13-6-3-2-4-7-13)25-20(26)15-11-18-14(10-16(15)21)8-5-9-24-18/h2-12H,22H2,1H3,(H,23,25,26). The number of amides is 1. The molecular weight excluding hydrogens is 348 g/mol. The molecule has 5 nitrogen and oxygen atoms in total. The average Bonchev–Trinajstić information content (AvgIpc) is 2.67. The lowest BCUT2D eigenvalue weighted by molar-refractivity contribution is 0.0977. The lowest BCUT2D eigenvalue weighted by Gasteiger charge is -2.09. The van der Waals surface area contributed by atoms with Crippen LogP contribution in [0.3, 0.4) is 0 Å². The molecule has 3 N–H and O–H groups in total. The van der Waals surface area contributed by atoms with E-state index in [4.69, 9.17) is 17.3 Å². The lowest BCUT2D eigenvalue weighted by atomic mass is 10.1. The normalized spacial score (nSPS) is 12.2. The second kappa shape index (κ2) is 7.80. The number of aromatic nitrogens is 1. The van der Waals surface area contributed by atoms with Crippen molar-refractivity contribution in [2.24, 2.45) is 10.7 Å². The number of rotatable bonds is 3. The van der Waals surface area contributed by atoms with E-state index in [2.05, 4.69) is 15.3 Å². The number of nitrogens with one attached hydrogen (secondary N) is 1. The first-order chi connectivity index (χ1) is 12.6. The summed E-state index contributed by atoms with van der Waals surface area (Å²) in [7, 11) is 1.58. The van der Waals surface area contributed by atoms with Gasteiger partial charge in [-0.05, 0) is 23.8 Å². The maximum Gasteiger partial charge on any atom is 0.258 e. The molecule has 26 heavy (non-hydrogen) atoms. The molecule has 0 radical (unpaired) electrons. The summed E-state index contributed by atoms with van der Waals surface area (Å²) in [5.41, 5.74) is 8.44. The summed E-state index contributed by atoms with van der Waals surface area (Å²) in [4.78, 5) is 21.0. The van der Waals surface area contributed by atoms with E-state index in [1.807, 2.05) is 42.5 Å². The molecule has 0 aliphatic carbocycles. The van der Waals surface area contributed by atoms with Crippen LogP contribution in [0.5, 0.6) is 0 Å². The van der Waals surface area contributed by atoms with Crippen LogP contribution in [0.25, 0.3) is 16.6 Å². The van der Waals surface area contributed by atoms with E-state index in [9.17, 15) is 4.79 Å². The number of benzene rings is 2. The number of aliphatic imine (C=N–C) groups is 1. The number of halogens is 1. The van der Waals surface area contributed by atoms with Crippen molar-refractivity contribution in [3.05, 3.63) is 83.0 Å². The average molecular weight is 365 g/mol. The summed E-state index contributed by atoms with van der Waals surface area (Å²) in [6.45, 7) is 0. The molecule has 6 heteroatoms. The van der Waals surface area contributed by atoms with E-state index in [1.54, 1.807) is 31.5 Å². The highest BCUT2D eigenvalue weighted by Crippen LogP contribution is 2.22. The van der Waals surface area contributed by atoms with Gasteiger partial charge in [-0.1, -0.05) is 48.0 Å². The molecule has 1 aromatic heterocycles. The highest BCUT2D eigenvalue weighted by molar-refractivity contribution is 6.35. The monoisotopic (exact) mass is 364 g/mol. The molecule has 0 saturated heterocycles. The Labute approximate surface area is 156 Å².